The number of H-pyrrole nitrogens is 1. The molecule has 0 spiro atoms. The van der Waals surface area contributed by atoms with Gasteiger partial charge in [-0.25, -0.2) is 12.8 Å². The third-order valence-corrected chi connectivity index (χ3v) is 5.17. The number of pyridine rings is 1. The van der Waals surface area contributed by atoms with Crippen LogP contribution in [-0.4, -0.2) is 18.4 Å². The number of aromatic nitrogens is 2. The summed E-state index contributed by atoms with van der Waals surface area (Å²) in [5.41, 5.74) is -1.23. The monoisotopic (exact) mass is 419 g/mol. The Hall–Kier alpha value is -2.59. The van der Waals surface area contributed by atoms with Crippen LogP contribution in [0.15, 0.2) is 53.7 Å². The van der Waals surface area contributed by atoms with Crippen molar-refractivity contribution in [3.8, 4) is 11.4 Å². The molecule has 0 saturated heterocycles. The summed E-state index contributed by atoms with van der Waals surface area (Å²) < 4.78 is 78.9. The number of nitrogens with zero attached hydrogens (tertiary/aromatic N) is 1. The van der Waals surface area contributed by atoms with Crippen molar-refractivity contribution in [2.45, 2.75) is 11.1 Å². The van der Waals surface area contributed by atoms with E-state index >= 15 is 0 Å². The van der Waals surface area contributed by atoms with Gasteiger partial charge in [0, 0.05) is 12.4 Å². The lowest BCUT2D eigenvalue weighted by atomic mass is 10.2. The summed E-state index contributed by atoms with van der Waals surface area (Å²) in [5.74, 6) is -1.41. The molecule has 0 amide bonds. The SMILES string of the molecule is O=S(=O)(Nc1cc(Cl)c(C(F)(F)F)cc1F)c1c[nH]c(-c2ccccn2)c1. The van der Waals surface area contributed by atoms with Crippen molar-refractivity contribution in [1.29, 1.82) is 0 Å². The summed E-state index contributed by atoms with van der Waals surface area (Å²) in [7, 11) is -4.28. The maximum Gasteiger partial charge on any atom is 0.417 e. The smallest absolute Gasteiger partial charge is 0.359 e. The number of alkyl halides is 3. The van der Waals surface area contributed by atoms with Crippen LogP contribution in [0.5, 0.6) is 0 Å². The van der Waals surface area contributed by atoms with Crippen LogP contribution in [0.2, 0.25) is 5.02 Å². The van der Waals surface area contributed by atoms with E-state index in [1.807, 2.05) is 4.72 Å². The van der Waals surface area contributed by atoms with Gasteiger partial charge >= 0.3 is 6.18 Å². The highest BCUT2D eigenvalue weighted by Gasteiger charge is 2.34. The van der Waals surface area contributed by atoms with Gasteiger partial charge in [-0.05, 0) is 30.3 Å². The van der Waals surface area contributed by atoms with Gasteiger partial charge in [0.25, 0.3) is 10.0 Å². The van der Waals surface area contributed by atoms with Crippen LogP contribution in [0.3, 0.4) is 0 Å². The zero-order valence-electron chi connectivity index (χ0n) is 13.2. The van der Waals surface area contributed by atoms with E-state index in [1.165, 1.54) is 12.3 Å². The minimum Gasteiger partial charge on any atom is -0.359 e. The van der Waals surface area contributed by atoms with Crippen molar-refractivity contribution in [2.75, 3.05) is 4.72 Å². The molecule has 0 fully saturated rings. The molecule has 11 heteroatoms. The van der Waals surface area contributed by atoms with E-state index in [1.54, 1.807) is 18.2 Å². The van der Waals surface area contributed by atoms with Gasteiger partial charge in [-0.2, -0.15) is 13.2 Å². The fourth-order valence-electron chi connectivity index (χ4n) is 2.25. The number of benzene rings is 1. The van der Waals surface area contributed by atoms with Crippen molar-refractivity contribution in [2.24, 2.45) is 0 Å². The second kappa shape index (κ2) is 6.86. The van der Waals surface area contributed by atoms with E-state index in [-0.39, 0.29) is 11.0 Å². The van der Waals surface area contributed by atoms with E-state index in [4.69, 9.17) is 11.6 Å². The molecule has 0 atom stereocenters. The van der Waals surface area contributed by atoms with Crippen LogP contribution in [0.4, 0.5) is 23.2 Å². The predicted octanol–water partition coefficient (Wildman–Crippen LogP) is 4.69. The Balaban J connectivity index is 1.92. The first-order chi connectivity index (χ1) is 12.6. The van der Waals surface area contributed by atoms with Gasteiger partial charge in [0.05, 0.1) is 27.7 Å². The van der Waals surface area contributed by atoms with Crippen molar-refractivity contribution in [3.63, 3.8) is 0 Å². The molecule has 142 valence electrons. The zero-order valence-corrected chi connectivity index (χ0v) is 14.8. The molecule has 3 aromatic rings. The topological polar surface area (TPSA) is 74.8 Å². The largest absolute Gasteiger partial charge is 0.417 e. The Kier molecular flexibility index (Phi) is 4.87. The average Bonchev–Trinajstić information content (AvgIpc) is 3.08. The van der Waals surface area contributed by atoms with Crippen LogP contribution >= 0.6 is 11.6 Å². The number of sulfonamides is 1. The summed E-state index contributed by atoms with van der Waals surface area (Å²) in [4.78, 5) is 6.52. The number of anilines is 1. The van der Waals surface area contributed by atoms with E-state index < -0.39 is 38.3 Å². The Morgan fingerprint density at radius 2 is 1.89 bits per heavy atom. The minimum atomic E-state index is -4.87. The Bertz CT molecular complexity index is 1080. The van der Waals surface area contributed by atoms with E-state index in [9.17, 15) is 26.0 Å². The fraction of sp³-hybridized carbons (Fsp3) is 0.0625. The molecule has 0 aliphatic carbocycles. The van der Waals surface area contributed by atoms with Crippen LogP contribution < -0.4 is 4.72 Å². The van der Waals surface area contributed by atoms with E-state index in [2.05, 4.69) is 9.97 Å². The van der Waals surface area contributed by atoms with Crippen LogP contribution in [0, 0.1) is 5.82 Å². The summed E-state index contributed by atoms with van der Waals surface area (Å²) in [6.07, 6.45) is -2.20. The van der Waals surface area contributed by atoms with Crippen LogP contribution in [0.25, 0.3) is 11.4 Å². The second-order valence-corrected chi connectivity index (χ2v) is 7.47. The van der Waals surface area contributed by atoms with Gasteiger partial charge < -0.3 is 4.98 Å². The molecule has 1 aromatic carbocycles. The van der Waals surface area contributed by atoms with Gasteiger partial charge in [-0.3, -0.25) is 9.71 Å². The van der Waals surface area contributed by atoms with Crippen molar-refractivity contribution in [1.82, 2.24) is 9.97 Å². The summed E-state index contributed by atoms with van der Waals surface area (Å²) in [6, 6.07) is 7.00. The summed E-state index contributed by atoms with van der Waals surface area (Å²) >= 11 is 5.51. The van der Waals surface area contributed by atoms with Gasteiger partial charge in [0.1, 0.15) is 10.7 Å². The van der Waals surface area contributed by atoms with Crippen LogP contribution in [0.1, 0.15) is 5.56 Å². The van der Waals surface area contributed by atoms with Gasteiger partial charge in [0.15, 0.2) is 0 Å². The molecular formula is C16H10ClF4N3O2S. The molecule has 0 aliphatic rings. The number of halogens is 5. The third kappa shape index (κ3) is 4.06. The zero-order chi connectivity index (χ0) is 19.8. The highest BCUT2D eigenvalue weighted by Crippen LogP contribution is 2.37. The highest BCUT2D eigenvalue weighted by atomic mass is 35.5. The third-order valence-electron chi connectivity index (χ3n) is 3.51. The Morgan fingerprint density at radius 3 is 2.52 bits per heavy atom. The molecule has 27 heavy (non-hydrogen) atoms. The molecule has 0 bridgehead atoms. The van der Waals surface area contributed by atoms with Crippen molar-refractivity contribution < 1.29 is 26.0 Å². The second-order valence-electron chi connectivity index (χ2n) is 5.38. The van der Waals surface area contributed by atoms with Gasteiger partial charge in [0.2, 0.25) is 0 Å². The molecule has 0 saturated carbocycles. The van der Waals surface area contributed by atoms with Crippen LogP contribution in [-0.2, 0) is 16.2 Å². The lowest BCUT2D eigenvalue weighted by Gasteiger charge is -2.13. The lowest BCUT2D eigenvalue weighted by molar-refractivity contribution is -0.137. The highest BCUT2D eigenvalue weighted by molar-refractivity contribution is 7.92. The molecule has 3 rings (SSSR count). The first-order valence-electron chi connectivity index (χ1n) is 7.27. The molecular weight excluding hydrogens is 410 g/mol. The normalized spacial score (nSPS) is 12.2. The standard InChI is InChI=1S/C16H10ClF4N3O2S/c17-11-7-14(12(18)6-10(11)16(19,20)21)24-27(25,26)9-5-15(23-8-9)13-3-1-2-4-22-13/h1-8,23-24H. The lowest BCUT2D eigenvalue weighted by Crippen LogP contribution is -2.14. The molecule has 0 radical (unpaired) electrons. The Morgan fingerprint density at radius 1 is 1.15 bits per heavy atom. The molecule has 5 nitrogen and oxygen atoms in total. The number of rotatable bonds is 4. The van der Waals surface area contributed by atoms with E-state index in [0.717, 1.165) is 6.20 Å². The maximum absolute atomic E-state index is 14.0. The molecule has 0 unspecified atom stereocenters. The van der Waals surface area contributed by atoms with Gasteiger partial charge in [-0.1, -0.05) is 17.7 Å². The molecule has 2 N–H and O–H groups in total. The molecule has 2 heterocycles. The molecule has 0 aliphatic heterocycles. The first-order valence-corrected chi connectivity index (χ1v) is 9.13. The fourth-order valence-corrected chi connectivity index (χ4v) is 3.57. The van der Waals surface area contributed by atoms with E-state index in [0.29, 0.717) is 17.5 Å². The summed E-state index contributed by atoms with van der Waals surface area (Å²) in [6.45, 7) is 0. The van der Waals surface area contributed by atoms with Gasteiger partial charge in [-0.15, -0.1) is 0 Å². The number of hydrogen-bond acceptors (Lipinski definition) is 3. The molecule has 2 aromatic heterocycles. The van der Waals surface area contributed by atoms with Crippen molar-refractivity contribution in [3.05, 3.63) is 65.2 Å². The maximum atomic E-state index is 14.0. The Labute approximate surface area is 156 Å². The number of nitrogens with one attached hydrogen (secondary N) is 2. The number of aromatic amines is 1. The first kappa shape index (κ1) is 19.2. The predicted molar refractivity (Wildman–Crippen MR) is 91.2 cm³/mol. The summed E-state index contributed by atoms with van der Waals surface area (Å²) in [5, 5.41) is -0.829. The quantitative estimate of drug-likeness (QED) is 0.602. The minimum absolute atomic E-state index is 0.136. The number of hydrogen-bond donors (Lipinski definition) is 2. The average molecular weight is 420 g/mol. The van der Waals surface area contributed by atoms with Crippen molar-refractivity contribution >= 4 is 27.3 Å².